The average molecular weight is 126 g/mol. The van der Waals surface area contributed by atoms with Gasteiger partial charge in [-0.15, -0.1) is 0 Å². The number of hydrogen-bond donors (Lipinski definition) is 0. The lowest BCUT2D eigenvalue weighted by molar-refractivity contribution is 0.194. The molecule has 0 heterocycles. The average Bonchev–Trinajstić information content (AvgIpc) is 1.89. The molecule has 0 N–H and O–H groups in total. The van der Waals surface area contributed by atoms with Crippen molar-refractivity contribution in [3.8, 4) is 0 Å². The number of hydrogen-bond acceptors (Lipinski definition) is 2. The van der Waals surface area contributed by atoms with Crippen LogP contribution in [0.4, 0.5) is 0 Å². The molecule has 0 fully saturated rings. The quantitative estimate of drug-likeness (QED) is 0.318. The van der Waals surface area contributed by atoms with Crippen molar-refractivity contribution in [3.63, 3.8) is 0 Å². The Morgan fingerprint density at radius 1 is 1.56 bits per heavy atom. The largest absolute Gasteiger partial charge is 0.373 e. The van der Waals surface area contributed by atoms with Crippen LogP contribution in [0.15, 0.2) is 18.2 Å². The predicted molar refractivity (Wildman–Crippen MR) is 35.9 cm³/mol. The molecular weight excluding hydrogens is 116 g/mol. The van der Waals surface area contributed by atoms with Crippen molar-refractivity contribution in [2.75, 3.05) is 13.2 Å². The van der Waals surface area contributed by atoms with E-state index in [-0.39, 0.29) is 0 Å². The SMILES string of the molecule is CC=CCOCC=C=O. The highest BCUT2D eigenvalue weighted by Crippen LogP contribution is 1.75. The zero-order valence-electron chi connectivity index (χ0n) is 5.46. The maximum atomic E-state index is 9.56. The van der Waals surface area contributed by atoms with Crippen LogP contribution in [0.2, 0.25) is 0 Å². The highest BCUT2D eigenvalue weighted by molar-refractivity contribution is 5.44. The molecule has 0 aromatic heterocycles. The fourth-order valence-electron chi connectivity index (χ4n) is 0.325. The first-order valence-corrected chi connectivity index (χ1v) is 2.80. The van der Waals surface area contributed by atoms with Crippen LogP contribution in [0.1, 0.15) is 6.92 Å². The summed E-state index contributed by atoms with van der Waals surface area (Å²) in [5.41, 5.74) is 0. The van der Waals surface area contributed by atoms with Crippen LogP contribution in [0, 0.1) is 0 Å². The lowest BCUT2D eigenvalue weighted by Gasteiger charge is -1.90. The summed E-state index contributed by atoms with van der Waals surface area (Å²) in [5.74, 6) is 1.62. The van der Waals surface area contributed by atoms with E-state index >= 15 is 0 Å². The fraction of sp³-hybridized carbons (Fsp3) is 0.429. The summed E-state index contributed by atoms with van der Waals surface area (Å²) < 4.78 is 4.91. The maximum absolute atomic E-state index is 9.56. The molecule has 0 aromatic carbocycles. The van der Waals surface area contributed by atoms with Crippen LogP contribution in [0.5, 0.6) is 0 Å². The molecule has 0 saturated carbocycles. The third-order valence-corrected chi connectivity index (χ3v) is 0.734. The molecule has 2 nitrogen and oxygen atoms in total. The Morgan fingerprint density at radius 2 is 2.33 bits per heavy atom. The molecule has 0 bridgehead atoms. The van der Waals surface area contributed by atoms with E-state index < -0.39 is 0 Å². The van der Waals surface area contributed by atoms with Gasteiger partial charge in [-0.1, -0.05) is 12.2 Å². The van der Waals surface area contributed by atoms with Crippen molar-refractivity contribution in [1.82, 2.24) is 0 Å². The molecule has 0 unspecified atom stereocenters. The minimum absolute atomic E-state index is 0.355. The van der Waals surface area contributed by atoms with Gasteiger partial charge < -0.3 is 4.74 Å². The minimum atomic E-state index is 0.355. The van der Waals surface area contributed by atoms with Gasteiger partial charge in [0.1, 0.15) is 5.94 Å². The molecule has 0 rings (SSSR count). The Labute approximate surface area is 54.8 Å². The van der Waals surface area contributed by atoms with E-state index in [1.54, 1.807) is 5.94 Å². The Bertz CT molecular complexity index is 121. The molecule has 0 aromatic rings. The molecule has 0 atom stereocenters. The Morgan fingerprint density at radius 3 is 2.89 bits per heavy atom. The van der Waals surface area contributed by atoms with Gasteiger partial charge in [0, 0.05) is 6.08 Å². The van der Waals surface area contributed by atoms with Gasteiger partial charge in [-0.05, 0) is 6.92 Å². The monoisotopic (exact) mass is 126 g/mol. The number of ether oxygens (including phenoxy) is 1. The fourth-order valence-corrected chi connectivity index (χ4v) is 0.325. The van der Waals surface area contributed by atoms with Crippen LogP contribution < -0.4 is 0 Å². The molecule has 0 saturated heterocycles. The summed E-state index contributed by atoms with van der Waals surface area (Å²) in [7, 11) is 0. The van der Waals surface area contributed by atoms with E-state index in [0.717, 1.165) is 0 Å². The van der Waals surface area contributed by atoms with E-state index in [2.05, 4.69) is 0 Å². The molecule has 0 radical (unpaired) electrons. The van der Waals surface area contributed by atoms with E-state index in [1.807, 2.05) is 19.1 Å². The first-order valence-electron chi connectivity index (χ1n) is 2.80. The predicted octanol–water partition coefficient (Wildman–Crippen LogP) is 0.967. The maximum Gasteiger partial charge on any atom is 0.122 e. The van der Waals surface area contributed by atoms with Crippen LogP contribution >= 0.6 is 0 Å². The van der Waals surface area contributed by atoms with E-state index in [9.17, 15) is 4.79 Å². The molecule has 0 aliphatic rings. The summed E-state index contributed by atoms with van der Waals surface area (Å²) in [5, 5.41) is 0. The lowest BCUT2D eigenvalue weighted by atomic mass is 10.5. The van der Waals surface area contributed by atoms with Crippen molar-refractivity contribution < 1.29 is 9.53 Å². The van der Waals surface area contributed by atoms with Gasteiger partial charge in [0.2, 0.25) is 0 Å². The molecule has 0 aliphatic heterocycles. The summed E-state index contributed by atoms with van der Waals surface area (Å²) in [6.07, 6.45) is 5.08. The lowest BCUT2D eigenvalue weighted by Crippen LogP contribution is -1.89. The summed E-state index contributed by atoms with van der Waals surface area (Å²) in [6, 6.07) is 0. The van der Waals surface area contributed by atoms with Crippen molar-refractivity contribution in [2.45, 2.75) is 6.92 Å². The molecule has 9 heavy (non-hydrogen) atoms. The summed E-state index contributed by atoms with van der Waals surface area (Å²) in [4.78, 5) is 9.56. The number of rotatable bonds is 4. The highest BCUT2D eigenvalue weighted by atomic mass is 16.5. The zero-order valence-corrected chi connectivity index (χ0v) is 5.46. The van der Waals surface area contributed by atoms with Crippen molar-refractivity contribution in [1.29, 1.82) is 0 Å². The van der Waals surface area contributed by atoms with E-state index in [0.29, 0.717) is 13.2 Å². The van der Waals surface area contributed by atoms with Crippen molar-refractivity contribution in [3.05, 3.63) is 18.2 Å². The Balaban J connectivity index is 3.00. The zero-order chi connectivity index (χ0) is 6.95. The van der Waals surface area contributed by atoms with Gasteiger partial charge in [0.15, 0.2) is 0 Å². The van der Waals surface area contributed by atoms with E-state index in [1.165, 1.54) is 6.08 Å². The first-order chi connectivity index (χ1) is 4.41. The van der Waals surface area contributed by atoms with Crippen LogP contribution in [-0.4, -0.2) is 19.2 Å². The summed E-state index contributed by atoms with van der Waals surface area (Å²) in [6.45, 7) is 2.83. The topological polar surface area (TPSA) is 26.3 Å². The van der Waals surface area contributed by atoms with Gasteiger partial charge >= 0.3 is 0 Å². The van der Waals surface area contributed by atoms with Crippen LogP contribution in [0.25, 0.3) is 0 Å². The smallest absolute Gasteiger partial charge is 0.122 e. The van der Waals surface area contributed by atoms with Gasteiger partial charge in [-0.3, -0.25) is 0 Å². The van der Waals surface area contributed by atoms with Crippen LogP contribution in [-0.2, 0) is 9.53 Å². The molecule has 0 spiro atoms. The standard InChI is InChI=1S/C7H10O2/c1-2-3-6-9-7-4-5-8/h2-4H,6-7H2,1H3. The van der Waals surface area contributed by atoms with Gasteiger partial charge in [0.25, 0.3) is 0 Å². The van der Waals surface area contributed by atoms with Gasteiger partial charge in [0.05, 0.1) is 13.2 Å². The molecule has 50 valence electrons. The van der Waals surface area contributed by atoms with Gasteiger partial charge in [-0.2, -0.15) is 0 Å². The second-order valence-corrected chi connectivity index (χ2v) is 1.43. The van der Waals surface area contributed by atoms with Crippen molar-refractivity contribution in [2.24, 2.45) is 0 Å². The van der Waals surface area contributed by atoms with Crippen LogP contribution in [0.3, 0.4) is 0 Å². The number of carbonyl (C=O) groups excluding carboxylic acids is 1. The third kappa shape index (κ3) is 7.15. The van der Waals surface area contributed by atoms with Gasteiger partial charge in [-0.25, -0.2) is 4.79 Å². The molecule has 0 amide bonds. The second kappa shape index (κ2) is 7.15. The number of allylic oxidation sites excluding steroid dienone is 1. The first kappa shape index (κ1) is 8.15. The van der Waals surface area contributed by atoms with E-state index in [4.69, 9.17) is 4.74 Å². The third-order valence-electron chi connectivity index (χ3n) is 0.734. The minimum Gasteiger partial charge on any atom is -0.373 e. The summed E-state index contributed by atoms with van der Waals surface area (Å²) >= 11 is 0. The molecule has 2 heteroatoms. The second-order valence-electron chi connectivity index (χ2n) is 1.43. The Hall–Kier alpha value is -0.850. The molecular formula is C7H10O2. The molecule has 0 aliphatic carbocycles. The highest BCUT2D eigenvalue weighted by Gasteiger charge is 1.75. The van der Waals surface area contributed by atoms with Crippen molar-refractivity contribution >= 4 is 5.94 Å². The Kier molecular flexibility index (Phi) is 6.47. The normalized spacial score (nSPS) is 9.44.